The van der Waals surface area contributed by atoms with Crippen molar-refractivity contribution >= 4 is 38.1 Å². The van der Waals surface area contributed by atoms with Crippen LogP contribution >= 0.6 is 11.5 Å². The van der Waals surface area contributed by atoms with Crippen LogP contribution in [0.2, 0.25) is 0 Å². The number of carbonyl (C=O) groups excluding carboxylic acids is 1. The number of hydrogen-bond donors (Lipinski definition) is 2. The van der Waals surface area contributed by atoms with Crippen molar-refractivity contribution in [3.05, 3.63) is 0 Å². The molecule has 1 aromatic heterocycles. The van der Waals surface area contributed by atoms with Crippen LogP contribution in [-0.4, -0.2) is 49.0 Å². The molecule has 1 aliphatic heterocycles. The number of aromatic nitrogens is 1. The van der Waals surface area contributed by atoms with E-state index in [-0.39, 0.29) is 16.6 Å². The van der Waals surface area contributed by atoms with Crippen molar-refractivity contribution in [3.8, 4) is 0 Å². The number of hydrogen-bond acceptors (Lipinski definition) is 7. The summed E-state index contributed by atoms with van der Waals surface area (Å²) < 4.78 is 27.2. The van der Waals surface area contributed by atoms with Crippen molar-refractivity contribution < 1.29 is 13.2 Å². The van der Waals surface area contributed by atoms with Crippen LogP contribution in [0.3, 0.4) is 0 Å². The van der Waals surface area contributed by atoms with Crippen molar-refractivity contribution in [3.63, 3.8) is 0 Å². The minimum Gasteiger partial charge on any atom is -0.382 e. The normalized spacial score (nSPS) is 17.2. The fourth-order valence-corrected chi connectivity index (χ4v) is 4.36. The van der Waals surface area contributed by atoms with Crippen LogP contribution in [0, 0.1) is 0 Å². The molecule has 0 aromatic carbocycles. The number of sulfone groups is 1. The summed E-state index contributed by atoms with van der Waals surface area (Å²) in [4.78, 5) is 13.9. The van der Waals surface area contributed by atoms with E-state index < -0.39 is 15.9 Å². The Balaban J connectivity index is 2.16. The number of nitrogens with zero attached hydrogens (tertiary/aromatic N) is 2. The lowest BCUT2D eigenvalue weighted by atomic mass is 10.3. The van der Waals surface area contributed by atoms with Crippen molar-refractivity contribution in [2.75, 3.05) is 30.4 Å². The Morgan fingerprint density at radius 1 is 1.45 bits per heavy atom. The second kappa shape index (κ2) is 5.57. The predicted molar refractivity (Wildman–Crippen MR) is 78.5 cm³/mol. The van der Waals surface area contributed by atoms with Crippen LogP contribution in [0.4, 0.5) is 10.8 Å². The highest BCUT2D eigenvalue weighted by Crippen LogP contribution is 2.31. The lowest BCUT2D eigenvalue weighted by molar-refractivity contribution is -0.130. The maximum atomic E-state index is 12.2. The van der Waals surface area contributed by atoms with E-state index in [1.54, 1.807) is 11.8 Å². The summed E-state index contributed by atoms with van der Waals surface area (Å²) in [5, 5.41) is 3.24. The van der Waals surface area contributed by atoms with Gasteiger partial charge in [-0.3, -0.25) is 4.79 Å². The van der Waals surface area contributed by atoms with E-state index in [9.17, 15) is 13.2 Å². The van der Waals surface area contributed by atoms with E-state index in [0.29, 0.717) is 5.00 Å². The number of nitrogens with one attached hydrogen (secondary N) is 1. The average molecular weight is 318 g/mol. The summed E-state index contributed by atoms with van der Waals surface area (Å²) >= 11 is 0.955. The molecule has 0 saturated carbocycles. The molecule has 0 spiro atoms. The van der Waals surface area contributed by atoms with Gasteiger partial charge in [0.05, 0.1) is 0 Å². The minimum absolute atomic E-state index is 0.0245. The van der Waals surface area contributed by atoms with Gasteiger partial charge in [-0.15, -0.1) is 0 Å². The zero-order valence-corrected chi connectivity index (χ0v) is 13.1. The molecule has 1 atom stereocenters. The summed E-state index contributed by atoms with van der Waals surface area (Å²) in [5.41, 5.74) is 5.59. The fraction of sp³-hybridized carbons (Fsp3) is 0.636. The van der Waals surface area contributed by atoms with Crippen molar-refractivity contribution in [1.82, 2.24) is 9.27 Å². The first-order valence-corrected chi connectivity index (χ1v) is 8.97. The van der Waals surface area contributed by atoms with Gasteiger partial charge in [0.1, 0.15) is 15.9 Å². The highest BCUT2D eigenvalue weighted by atomic mass is 32.2. The molecule has 1 unspecified atom stereocenters. The van der Waals surface area contributed by atoms with Gasteiger partial charge in [0, 0.05) is 19.3 Å². The van der Waals surface area contributed by atoms with E-state index >= 15 is 0 Å². The van der Waals surface area contributed by atoms with Crippen LogP contribution in [-0.2, 0) is 14.6 Å². The summed E-state index contributed by atoms with van der Waals surface area (Å²) in [5.74, 6) is -0.0604. The highest BCUT2D eigenvalue weighted by molar-refractivity contribution is 7.91. The van der Waals surface area contributed by atoms with Crippen LogP contribution in [0.25, 0.3) is 0 Å². The van der Waals surface area contributed by atoms with E-state index in [1.807, 2.05) is 0 Å². The first kappa shape index (κ1) is 15.0. The van der Waals surface area contributed by atoms with Crippen molar-refractivity contribution in [1.29, 1.82) is 0 Å². The summed E-state index contributed by atoms with van der Waals surface area (Å²) in [7, 11) is -3.48. The Morgan fingerprint density at radius 3 is 2.60 bits per heavy atom. The smallest absolute Gasteiger partial charge is 0.244 e. The monoisotopic (exact) mass is 318 g/mol. The standard InChI is InChI=1S/C11H18N4O3S2/c1-7(11(16)15-5-3-4-6-15)13-10-8(20(2,17)18)9(12)14-19-10/h7,13H,3-6H2,1-2H3,(H2,12,14). The molecule has 1 amide bonds. The number of nitrogens with two attached hydrogens (primary N) is 1. The second-order valence-electron chi connectivity index (χ2n) is 4.90. The van der Waals surface area contributed by atoms with Gasteiger partial charge in [-0.25, -0.2) is 8.42 Å². The topological polar surface area (TPSA) is 105 Å². The Labute approximate surface area is 122 Å². The Morgan fingerprint density at radius 2 is 2.05 bits per heavy atom. The van der Waals surface area contributed by atoms with Crippen molar-refractivity contribution in [2.45, 2.75) is 30.7 Å². The van der Waals surface area contributed by atoms with Gasteiger partial charge in [0.15, 0.2) is 15.7 Å². The summed E-state index contributed by atoms with van der Waals surface area (Å²) in [6.45, 7) is 3.23. The molecular weight excluding hydrogens is 300 g/mol. The number of carbonyl (C=O) groups is 1. The largest absolute Gasteiger partial charge is 0.382 e. The number of likely N-dealkylation sites (tertiary alicyclic amines) is 1. The molecule has 0 bridgehead atoms. The molecule has 1 aliphatic rings. The molecule has 3 N–H and O–H groups in total. The number of anilines is 2. The molecule has 20 heavy (non-hydrogen) atoms. The van der Waals surface area contributed by atoms with Gasteiger partial charge in [0.25, 0.3) is 0 Å². The van der Waals surface area contributed by atoms with Crippen LogP contribution in [0.15, 0.2) is 4.90 Å². The minimum atomic E-state index is -3.48. The first-order chi connectivity index (χ1) is 9.30. The molecule has 0 aliphatic carbocycles. The lowest BCUT2D eigenvalue weighted by Gasteiger charge is -2.21. The summed E-state index contributed by atoms with van der Waals surface area (Å²) in [6, 6.07) is -0.506. The lowest BCUT2D eigenvalue weighted by Crippen LogP contribution is -2.39. The number of amides is 1. The quantitative estimate of drug-likeness (QED) is 0.840. The predicted octanol–water partition coefficient (Wildman–Crippen LogP) is 0.552. The fourth-order valence-electron chi connectivity index (χ4n) is 2.21. The molecule has 7 nitrogen and oxygen atoms in total. The average Bonchev–Trinajstić information content (AvgIpc) is 2.96. The third-order valence-corrected chi connectivity index (χ3v) is 5.26. The van der Waals surface area contributed by atoms with Gasteiger partial charge < -0.3 is 16.0 Å². The molecule has 1 aromatic rings. The Kier molecular flexibility index (Phi) is 4.19. The molecule has 2 heterocycles. The molecular formula is C11H18N4O3S2. The SMILES string of the molecule is CC(Nc1snc(N)c1S(C)(=O)=O)C(=O)N1CCCC1. The first-order valence-electron chi connectivity index (χ1n) is 6.31. The van der Waals surface area contributed by atoms with E-state index in [1.165, 1.54) is 0 Å². The third-order valence-electron chi connectivity index (χ3n) is 3.18. The third kappa shape index (κ3) is 3.04. The molecule has 2 rings (SSSR count). The Bertz CT molecular complexity index is 605. The maximum Gasteiger partial charge on any atom is 0.244 e. The highest BCUT2D eigenvalue weighted by Gasteiger charge is 2.27. The van der Waals surface area contributed by atoms with E-state index in [4.69, 9.17) is 5.73 Å². The molecule has 1 saturated heterocycles. The zero-order chi connectivity index (χ0) is 14.9. The number of rotatable bonds is 4. The van der Waals surface area contributed by atoms with Gasteiger partial charge in [-0.2, -0.15) is 4.37 Å². The van der Waals surface area contributed by atoms with Gasteiger partial charge in [-0.05, 0) is 31.3 Å². The van der Waals surface area contributed by atoms with Crippen LogP contribution in [0.5, 0.6) is 0 Å². The van der Waals surface area contributed by atoms with Gasteiger partial charge >= 0.3 is 0 Å². The molecule has 1 fully saturated rings. The summed E-state index contributed by atoms with van der Waals surface area (Å²) in [6.07, 6.45) is 3.10. The zero-order valence-electron chi connectivity index (χ0n) is 11.4. The molecule has 9 heteroatoms. The van der Waals surface area contributed by atoms with Gasteiger partial charge in [-0.1, -0.05) is 0 Å². The van der Waals surface area contributed by atoms with Crippen LogP contribution < -0.4 is 11.1 Å². The van der Waals surface area contributed by atoms with Crippen LogP contribution in [0.1, 0.15) is 19.8 Å². The van der Waals surface area contributed by atoms with E-state index in [0.717, 1.165) is 43.7 Å². The van der Waals surface area contributed by atoms with E-state index in [2.05, 4.69) is 9.69 Å². The number of nitrogen functional groups attached to an aromatic ring is 1. The second-order valence-corrected chi connectivity index (χ2v) is 7.62. The van der Waals surface area contributed by atoms with Crippen molar-refractivity contribution in [2.24, 2.45) is 0 Å². The maximum absolute atomic E-state index is 12.2. The Hall–Kier alpha value is -1.35. The van der Waals surface area contributed by atoms with Gasteiger partial charge in [0.2, 0.25) is 5.91 Å². The molecule has 112 valence electrons. The molecule has 0 radical (unpaired) electrons.